The van der Waals surface area contributed by atoms with Crippen LogP contribution in [0.1, 0.15) is 28.4 Å². The number of hydrogen-bond donors (Lipinski definition) is 1. The average molecular weight is 551 g/mol. The molecule has 4 aromatic rings. The second kappa shape index (κ2) is 10.9. The lowest BCUT2D eigenvalue weighted by Gasteiger charge is -2.15. The second-order valence-corrected chi connectivity index (χ2v) is 8.29. The third-order valence-corrected chi connectivity index (χ3v) is 5.69. The van der Waals surface area contributed by atoms with E-state index in [1.807, 2.05) is 37.3 Å². The average Bonchev–Trinajstić information content (AvgIpc) is 2.84. The molecule has 0 aliphatic rings. The highest BCUT2D eigenvalue weighted by atomic mass is 127. The Labute approximate surface area is 205 Å². The monoisotopic (exact) mass is 551 g/mol. The van der Waals surface area contributed by atoms with Crippen molar-refractivity contribution in [2.45, 2.75) is 13.5 Å². The van der Waals surface area contributed by atoms with Gasteiger partial charge in [-0.1, -0.05) is 42.5 Å². The minimum Gasteiger partial charge on any atom is -0.490 e. The Balaban J connectivity index is 1.51. The van der Waals surface area contributed by atoms with Gasteiger partial charge in [-0.25, -0.2) is 5.43 Å². The van der Waals surface area contributed by atoms with Crippen molar-refractivity contribution in [2.24, 2.45) is 5.10 Å². The van der Waals surface area contributed by atoms with E-state index < -0.39 is 0 Å². The fraction of sp³-hybridized carbons (Fsp3) is 0.115. The zero-order valence-electron chi connectivity index (χ0n) is 18.0. The first-order valence-electron chi connectivity index (χ1n) is 10.4. The van der Waals surface area contributed by atoms with Crippen LogP contribution < -0.4 is 14.9 Å². The zero-order chi connectivity index (χ0) is 23.0. The van der Waals surface area contributed by atoms with E-state index in [4.69, 9.17) is 9.47 Å². The Morgan fingerprint density at radius 1 is 1.09 bits per heavy atom. The lowest BCUT2D eigenvalue weighted by atomic mass is 10.1. The minimum atomic E-state index is -0.325. The molecule has 166 valence electrons. The van der Waals surface area contributed by atoms with Crippen LogP contribution in [0.4, 0.5) is 0 Å². The van der Waals surface area contributed by atoms with Gasteiger partial charge in [-0.05, 0) is 75.7 Å². The van der Waals surface area contributed by atoms with Crippen LogP contribution in [0.15, 0.2) is 84.2 Å². The first-order valence-corrected chi connectivity index (χ1v) is 11.5. The Bertz CT molecular complexity index is 1290. The summed E-state index contributed by atoms with van der Waals surface area (Å²) in [7, 11) is 0. The molecular weight excluding hydrogens is 529 g/mol. The largest absolute Gasteiger partial charge is 0.490 e. The van der Waals surface area contributed by atoms with Crippen molar-refractivity contribution in [1.29, 1.82) is 0 Å². The van der Waals surface area contributed by atoms with Crippen molar-refractivity contribution in [3.05, 3.63) is 99.4 Å². The number of amides is 1. The molecule has 0 saturated carbocycles. The van der Waals surface area contributed by atoms with E-state index in [9.17, 15) is 4.79 Å². The van der Waals surface area contributed by atoms with Crippen molar-refractivity contribution >= 4 is 45.5 Å². The number of carbonyl (C=O) groups excluding carboxylic acids is 1. The molecule has 1 heterocycles. The number of carbonyl (C=O) groups is 1. The third kappa shape index (κ3) is 5.67. The van der Waals surface area contributed by atoms with Crippen LogP contribution in [0.25, 0.3) is 10.8 Å². The number of nitrogens with zero attached hydrogens (tertiary/aromatic N) is 2. The van der Waals surface area contributed by atoms with Gasteiger partial charge in [-0.3, -0.25) is 9.78 Å². The van der Waals surface area contributed by atoms with E-state index >= 15 is 0 Å². The van der Waals surface area contributed by atoms with E-state index in [0.717, 1.165) is 14.7 Å². The van der Waals surface area contributed by atoms with Crippen LogP contribution >= 0.6 is 22.6 Å². The number of nitrogens with one attached hydrogen (secondary N) is 1. The van der Waals surface area contributed by atoms with Gasteiger partial charge in [0.25, 0.3) is 5.91 Å². The Morgan fingerprint density at radius 3 is 2.76 bits per heavy atom. The molecule has 1 amide bonds. The number of rotatable bonds is 8. The number of hydrogen-bond acceptors (Lipinski definition) is 5. The van der Waals surface area contributed by atoms with E-state index in [1.54, 1.807) is 24.5 Å². The van der Waals surface area contributed by atoms with Crippen LogP contribution in [0.3, 0.4) is 0 Å². The molecule has 3 aromatic carbocycles. The Hall–Kier alpha value is -3.46. The summed E-state index contributed by atoms with van der Waals surface area (Å²) in [4.78, 5) is 16.1. The van der Waals surface area contributed by atoms with E-state index in [2.05, 4.69) is 62.4 Å². The van der Waals surface area contributed by atoms with E-state index in [-0.39, 0.29) is 5.91 Å². The number of aromatic nitrogens is 1. The molecule has 0 atom stereocenters. The number of halogens is 1. The smallest absolute Gasteiger partial charge is 0.272 e. The number of hydrazone groups is 1. The SMILES string of the molecule is CCOc1cc(/C=N/NC(=O)c2cccnc2)cc(I)c1OCc1cccc2ccccc12. The van der Waals surface area contributed by atoms with E-state index in [0.29, 0.717) is 30.3 Å². The number of pyridine rings is 1. The number of ether oxygens (including phenoxy) is 2. The molecule has 0 aliphatic carbocycles. The molecule has 4 rings (SSSR count). The van der Waals surface area contributed by atoms with Gasteiger partial charge >= 0.3 is 0 Å². The first-order chi connectivity index (χ1) is 16.2. The maximum absolute atomic E-state index is 12.1. The van der Waals surface area contributed by atoms with Gasteiger partial charge in [0.15, 0.2) is 11.5 Å². The predicted octanol–water partition coefficient (Wildman–Crippen LogP) is 5.58. The van der Waals surface area contributed by atoms with Crippen molar-refractivity contribution in [3.63, 3.8) is 0 Å². The summed E-state index contributed by atoms with van der Waals surface area (Å²) in [5, 5.41) is 6.41. The maximum Gasteiger partial charge on any atom is 0.272 e. The molecule has 0 fully saturated rings. The molecule has 0 aliphatic heterocycles. The van der Waals surface area contributed by atoms with Gasteiger partial charge < -0.3 is 9.47 Å². The van der Waals surface area contributed by atoms with Crippen molar-refractivity contribution in [1.82, 2.24) is 10.4 Å². The molecule has 0 saturated heterocycles. The van der Waals surface area contributed by atoms with Crippen molar-refractivity contribution < 1.29 is 14.3 Å². The molecule has 6 nitrogen and oxygen atoms in total. The standard InChI is InChI=1S/C26H22IN3O3/c1-2-32-24-14-18(15-29-30-26(31)20-10-6-12-28-16-20)13-23(27)25(24)33-17-21-9-5-8-19-7-3-4-11-22(19)21/h3-16H,2,17H2,1H3,(H,30,31)/b29-15+. The van der Waals surface area contributed by atoms with Crippen LogP contribution in [-0.4, -0.2) is 23.7 Å². The third-order valence-electron chi connectivity index (χ3n) is 4.89. The molecule has 7 heteroatoms. The van der Waals surface area contributed by atoms with Gasteiger partial charge in [0.05, 0.1) is 22.0 Å². The van der Waals surface area contributed by atoms with Crippen LogP contribution in [0.5, 0.6) is 11.5 Å². The fourth-order valence-corrected chi connectivity index (χ4v) is 4.14. The van der Waals surface area contributed by atoms with Gasteiger partial charge in [0.1, 0.15) is 6.61 Å². The maximum atomic E-state index is 12.1. The fourth-order valence-electron chi connectivity index (χ4n) is 3.36. The van der Waals surface area contributed by atoms with Crippen LogP contribution in [0.2, 0.25) is 0 Å². The summed E-state index contributed by atoms with van der Waals surface area (Å²) in [5.41, 5.74) is 4.84. The summed E-state index contributed by atoms with van der Waals surface area (Å²) in [5.74, 6) is 0.987. The topological polar surface area (TPSA) is 72.8 Å². The summed E-state index contributed by atoms with van der Waals surface area (Å²) in [6.07, 6.45) is 4.68. The van der Waals surface area contributed by atoms with Gasteiger partial charge in [0, 0.05) is 12.4 Å². The van der Waals surface area contributed by atoms with Crippen molar-refractivity contribution in [2.75, 3.05) is 6.61 Å². The molecular formula is C26H22IN3O3. The molecule has 0 spiro atoms. The molecule has 1 aromatic heterocycles. The highest BCUT2D eigenvalue weighted by Crippen LogP contribution is 2.35. The van der Waals surface area contributed by atoms with Gasteiger partial charge in [0.2, 0.25) is 0 Å². The molecule has 33 heavy (non-hydrogen) atoms. The summed E-state index contributed by atoms with van der Waals surface area (Å²) < 4.78 is 12.9. The lowest BCUT2D eigenvalue weighted by molar-refractivity contribution is 0.0955. The second-order valence-electron chi connectivity index (χ2n) is 7.13. The predicted molar refractivity (Wildman–Crippen MR) is 138 cm³/mol. The zero-order valence-corrected chi connectivity index (χ0v) is 20.2. The van der Waals surface area contributed by atoms with Crippen molar-refractivity contribution in [3.8, 4) is 11.5 Å². The van der Waals surface area contributed by atoms with Gasteiger partial charge in [-0.15, -0.1) is 0 Å². The molecule has 0 bridgehead atoms. The van der Waals surface area contributed by atoms with Gasteiger partial charge in [-0.2, -0.15) is 5.10 Å². The first kappa shape index (κ1) is 22.7. The van der Waals surface area contributed by atoms with Crippen LogP contribution in [0, 0.1) is 3.57 Å². The quantitative estimate of drug-likeness (QED) is 0.176. The molecule has 1 N–H and O–H groups in total. The summed E-state index contributed by atoms with van der Waals surface area (Å²) >= 11 is 2.22. The molecule has 0 unspecified atom stereocenters. The lowest BCUT2D eigenvalue weighted by Crippen LogP contribution is -2.17. The summed E-state index contributed by atoms with van der Waals surface area (Å²) in [6, 6.07) is 21.6. The van der Waals surface area contributed by atoms with E-state index in [1.165, 1.54) is 17.0 Å². The highest BCUT2D eigenvalue weighted by Gasteiger charge is 2.13. The summed E-state index contributed by atoms with van der Waals surface area (Å²) in [6.45, 7) is 2.85. The number of benzene rings is 3. The Morgan fingerprint density at radius 2 is 1.94 bits per heavy atom. The normalized spacial score (nSPS) is 11.0. The molecule has 0 radical (unpaired) electrons. The highest BCUT2D eigenvalue weighted by molar-refractivity contribution is 14.1. The number of fused-ring (bicyclic) bond motifs is 1. The van der Waals surface area contributed by atoms with Crippen LogP contribution in [-0.2, 0) is 6.61 Å². The Kier molecular flexibility index (Phi) is 7.51. The minimum absolute atomic E-state index is 0.325.